The summed E-state index contributed by atoms with van der Waals surface area (Å²) in [6.07, 6.45) is 5.36. The number of carbonyl (C=O) groups excluding carboxylic acids is 1. The van der Waals surface area contributed by atoms with Gasteiger partial charge in [0.05, 0.1) is 0 Å². The quantitative estimate of drug-likeness (QED) is 0.791. The number of aromatic nitrogens is 4. The Kier molecular flexibility index (Phi) is 3.82. The van der Waals surface area contributed by atoms with Gasteiger partial charge >= 0.3 is 0 Å². The van der Waals surface area contributed by atoms with Crippen LogP contribution >= 0.6 is 0 Å². The van der Waals surface area contributed by atoms with E-state index in [2.05, 4.69) is 25.4 Å². The highest BCUT2D eigenvalue weighted by Crippen LogP contribution is 2.19. The number of carbonyl (C=O) groups is 1. The molecular weight excluding hydrogens is 304 g/mol. The third-order valence-electron chi connectivity index (χ3n) is 4.31. The molecule has 0 bridgehead atoms. The number of nitrogens with zero attached hydrogens (tertiary/aromatic N) is 5. The summed E-state index contributed by atoms with van der Waals surface area (Å²) in [6, 6.07) is 11.4. The summed E-state index contributed by atoms with van der Waals surface area (Å²) in [7, 11) is 0. The van der Waals surface area contributed by atoms with Crippen molar-refractivity contribution in [3.8, 4) is 0 Å². The topological polar surface area (TPSA) is 75.4 Å². The summed E-state index contributed by atoms with van der Waals surface area (Å²) >= 11 is 0. The van der Waals surface area contributed by atoms with E-state index in [1.807, 2.05) is 34.9 Å². The lowest BCUT2D eigenvalue weighted by molar-refractivity contribution is 0.0926. The van der Waals surface area contributed by atoms with E-state index in [9.17, 15) is 4.79 Å². The largest absolute Gasteiger partial charge is 0.348 e. The van der Waals surface area contributed by atoms with E-state index in [0.717, 1.165) is 37.5 Å². The van der Waals surface area contributed by atoms with Gasteiger partial charge in [-0.2, -0.15) is 0 Å². The van der Waals surface area contributed by atoms with Crippen molar-refractivity contribution in [2.45, 2.75) is 18.9 Å². The van der Waals surface area contributed by atoms with Crippen LogP contribution in [0.3, 0.4) is 0 Å². The predicted molar refractivity (Wildman–Crippen MR) is 89.9 cm³/mol. The van der Waals surface area contributed by atoms with Crippen molar-refractivity contribution in [2.24, 2.45) is 0 Å². The van der Waals surface area contributed by atoms with E-state index in [1.165, 1.54) is 0 Å². The maximum Gasteiger partial charge on any atom is 0.270 e. The van der Waals surface area contributed by atoms with Gasteiger partial charge in [-0.05, 0) is 37.1 Å². The first kappa shape index (κ1) is 14.6. The normalized spacial score (nSPS) is 15.6. The maximum atomic E-state index is 12.2. The van der Waals surface area contributed by atoms with E-state index in [0.29, 0.717) is 5.69 Å². The molecule has 3 aromatic heterocycles. The molecule has 1 aliphatic heterocycles. The Hall–Kier alpha value is -2.96. The van der Waals surface area contributed by atoms with Crippen LogP contribution in [-0.4, -0.2) is 44.6 Å². The van der Waals surface area contributed by atoms with Crippen LogP contribution in [0.4, 0.5) is 5.95 Å². The molecule has 7 heteroatoms. The summed E-state index contributed by atoms with van der Waals surface area (Å²) < 4.78 is 1.99. The van der Waals surface area contributed by atoms with Crippen molar-refractivity contribution in [3.05, 3.63) is 54.5 Å². The molecule has 4 rings (SSSR count). The predicted octanol–water partition coefficient (Wildman–Crippen LogP) is 1.52. The van der Waals surface area contributed by atoms with Gasteiger partial charge in [0, 0.05) is 31.5 Å². The molecule has 1 aliphatic rings. The Morgan fingerprint density at radius 1 is 1.08 bits per heavy atom. The minimum Gasteiger partial charge on any atom is -0.348 e. The van der Waals surface area contributed by atoms with E-state index >= 15 is 0 Å². The zero-order valence-electron chi connectivity index (χ0n) is 13.2. The molecule has 0 atom stereocenters. The second-order valence-electron chi connectivity index (χ2n) is 5.88. The van der Waals surface area contributed by atoms with Gasteiger partial charge in [-0.3, -0.25) is 14.2 Å². The summed E-state index contributed by atoms with van der Waals surface area (Å²) in [5, 5.41) is 11.6. The van der Waals surface area contributed by atoms with Crippen molar-refractivity contribution in [3.63, 3.8) is 0 Å². The molecule has 24 heavy (non-hydrogen) atoms. The molecule has 3 aromatic rings. The van der Waals surface area contributed by atoms with E-state index in [1.54, 1.807) is 18.3 Å². The summed E-state index contributed by atoms with van der Waals surface area (Å²) in [5.74, 6) is 0.752. The average Bonchev–Trinajstić information content (AvgIpc) is 3.07. The van der Waals surface area contributed by atoms with Crippen LogP contribution in [0.25, 0.3) is 5.65 Å². The number of hydrogen-bond donors (Lipinski definition) is 1. The van der Waals surface area contributed by atoms with Gasteiger partial charge < -0.3 is 10.2 Å². The Morgan fingerprint density at radius 2 is 1.92 bits per heavy atom. The molecule has 0 spiro atoms. The standard InChI is InChI=1S/C17H18N6O/c24-16(14-5-1-3-9-18-14)19-13-7-11-22(12-8-13)17-21-20-15-6-2-4-10-23(15)17/h1-6,9-10,13H,7-8,11-12H2,(H,19,24). The van der Waals surface area contributed by atoms with Crippen molar-refractivity contribution in [2.75, 3.05) is 18.0 Å². The summed E-state index contributed by atoms with van der Waals surface area (Å²) in [5.41, 5.74) is 1.31. The van der Waals surface area contributed by atoms with Crippen LogP contribution in [0.2, 0.25) is 0 Å². The molecule has 4 heterocycles. The number of rotatable bonds is 3. The number of piperidine rings is 1. The highest BCUT2D eigenvalue weighted by molar-refractivity contribution is 5.92. The van der Waals surface area contributed by atoms with E-state index in [4.69, 9.17) is 0 Å². The minimum absolute atomic E-state index is 0.109. The number of fused-ring (bicyclic) bond motifs is 1. The van der Waals surface area contributed by atoms with E-state index in [-0.39, 0.29) is 11.9 Å². The second kappa shape index (κ2) is 6.27. The lowest BCUT2D eigenvalue weighted by Crippen LogP contribution is -2.45. The van der Waals surface area contributed by atoms with Gasteiger partial charge in [0.15, 0.2) is 5.65 Å². The van der Waals surface area contributed by atoms with Crippen LogP contribution in [-0.2, 0) is 0 Å². The first-order valence-electron chi connectivity index (χ1n) is 8.08. The third kappa shape index (κ3) is 2.80. The fourth-order valence-electron chi connectivity index (χ4n) is 3.02. The molecule has 7 nitrogen and oxygen atoms in total. The Bertz CT molecular complexity index is 838. The van der Waals surface area contributed by atoms with Crippen molar-refractivity contribution in [1.29, 1.82) is 0 Å². The van der Waals surface area contributed by atoms with Crippen LogP contribution in [0.1, 0.15) is 23.3 Å². The van der Waals surface area contributed by atoms with Gasteiger partial charge in [0.1, 0.15) is 5.69 Å². The van der Waals surface area contributed by atoms with Crippen LogP contribution in [0.5, 0.6) is 0 Å². The third-order valence-corrected chi connectivity index (χ3v) is 4.31. The highest BCUT2D eigenvalue weighted by Gasteiger charge is 2.24. The molecule has 1 amide bonds. The van der Waals surface area contributed by atoms with Crippen LogP contribution in [0.15, 0.2) is 48.8 Å². The smallest absolute Gasteiger partial charge is 0.270 e. The van der Waals surface area contributed by atoms with Crippen molar-refractivity contribution in [1.82, 2.24) is 24.9 Å². The van der Waals surface area contributed by atoms with Gasteiger partial charge in [-0.1, -0.05) is 12.1 Å². The molecule has 1 saturated heterocycles. The lowest BCUT2D eigenvalue weighted by Gasteiger charge is -2.32. The summed E-state index contributed by atoms with van der Waals surface area (Å²) in [4.78, 5) is 18.5. The van der Waals surface area contributed by atoms with Gasteiger partial charge in [-0.25, -0.2) is 0 Å². The molecule has 0 unspecified atom stereocenters. The first-order valence-corrected chi connectivity index (χ1v) is 8.08. The zero-order chi connectivity index (χ0) is 16.4. The molecule has 0 aromatic carbocycles. The van der Waals surface area contributed by atoms with Crippen LogP contribution in [0, 0.1) is 0 Å². The van der Waals surface area contributed by atoms with Crippen molar-refractivity contribution >= 4 is 17.5 Å². The fourth-order valence-corrected chi connectivity index (χ4v) is 3.02. The molecule has 1 fully saturated rings. The Balaban J connectivity index is 1.39. The van der Waals surface area contributed by atoms with E-state index < -0.39 is 0 Å². The molecule has 1 N–H and O–H groups in total. The Morgan fingerprint density at radius 3 is 2.71 bits per heavy atom. The lowest BCUT2D eigenvalue weighted by atomic mass is 10.1. The minimum atomic E-state index is -0.109. The summed E-state index contributed by atoms with van der Waals surface area (Å²) in [6.45, 7) is 1.67. The van der Waals surface area contributed by atoms with Gasteiger partial charge in [0.25, 0.3) is 5.91 Å². The Labute approximate surface area is 139 Å². The maximum absolute atomic E-state index is 12.2. The van der Waals surface area contributed by atoms with Crippen molar-refractivity contribution < 1.29 is 4.79 Å². The SMILES string of the molecule is O=C(NC1CCN(c2nnc3ccccn23)CC1)c1ccccn1. The number of pyridine rings is 2. The number of amides is 1. The highest BCUT2D eigenvalue weighted by atomic mass is 16.1. The average molecular weight is 322 g/mol. The molecule has 0 aliphatic carbocycles. The molecular formula is C17H18N6O. The number of nitrogens with one attached hydrogen (secondary N) is 1. The first-order chi connectivity index (χ1) is 11.8. The zero-order valence-corrected chi connectivity index (χ0v) is 13.2. The number of hydrogen-bond acceptors (Lipinski definition) is 5. The van der Waals surface area contributed by atoms with Crippen LogP contribution < -0.4 is 10.2 Å². The van der Waals surface area contributed by atoms with Gasteiger partial charge in [-0.15, -0.1) is 10.2 Å². The molecule has 0 saturated carbocycles. The number of anilines is 1. The fraction of sp³-hybridized carbons (Fsp3) is 0.294. The second-order valence-corrected chi connectivity index (χ2v) is 5.88. The monoisotopic (exact) mass is 322 g/mol. The van der Waals surface area contributed by atoms with Gasteiger partial charge in [0.2, 0.25) is 5.95 Å². The molecule has 0 radical (unpaired) electrons. The molecule has 122 valence electrons.